The van der Waals surface area contributed by atoms with Crippen LogP contribution in [0.5, 0.6) is 0 Å². The SMILES string of the molecule is O=C(c1ccnnc1)N1CCCC(OCCc2noc(C3CCOCC3)n2)C1. The Morgan fingerprint density at radius 1 is 1.25 bits per heavy atom. The molecule has 2 aliphatic rings. The molecule has 0 spiro atoms. The molecule has 1 amide bonds. The summed E-state index contributed by atoms with van der Waals surface area (Å²) in [7, 11) is 0. The molecule has 9 nitrogen and oxygen atoms in total. The molecule has 0 aliphatic carbocycles. The number of carbonyl (C=O) groups is 1. The fraction of sp³-hybridized carbons (Fsp3) is 0.632. The molecule has 4 heterocycles. The van der Waals surface area contributed by atoms with Crippen LogP contribution in [0.4, 0.5) is 0 Å². The highest BCUT2D eigenvalue weighted by molar-refractivity contribution is 5.93. The van der Waals surface area contributed by atoms with Crippen LogP contribution >= 0.6 is 0 Å². The summed E-state index contributed by atoms with van der Waals surface area (Å²) in [4.78, 5) is 18.9. The Bertz CT molecular complexity index is 763. The van der Waals surface area contributed by atoms with Gasteiger partial charge in [0.15, 0.2) is 5.82 Å². The molecular formula is C19H25N5O4. The zero-order valence-corrected chi connectivity index (χ0v) is 15.8. The summed E-state index contributed by atoms with van der Waals surface area (Å²) in [5.74, 6) is 1.66. The lowest BCUT2D eigenvalue weighted by Gasteiger charge is -2.32. The van der Waals surface area contributed by atoms with Gasteiger partial charge in [-0.1, -0.05) is 5.16 Å². The molecule has 2 saturated heterocycles. The maximum atomic E-state index is 12.6. The highest BCUT2D eigenvalue weighted by Crippen LogP contribution is 2.25. The lowest BCUT2D eigenvalue weighted by molar-refractivity contribution is 0.00249. The van der Waals surface area contributed by atoms with Crippen LogP contribution in [0.3, 0.4) is 0 Å². The maximum absolute atomic E-state index is 12.6. The van der Waals surface area contributed by atoms with E-state index in [9.17, 15) is 4.79 Å². The molecule has 0 saturated carbocycles. The highest BCUT2D eigenvalue weighted by atomic mass is 16.5. The van der Waals surface area contributed by atoms with Gasteiger partial charge in [0, 0.05) is 38.6 Å². The molecule has 1 atom stereocenters. The molecule has 9 heteroatoms. The summed E-state index contributed by atoms with van der Waals surface area (Å²) in [6.07, 6.45) is 7.38. The smallest absolute Gasteiger partial charge is 0.255 e. The minimum atomic E-state index is -0.0255. The zero-order chi connectivity index (χ0) is 19.2. The van der Waals surface area contributed by atoms with Crippen molar-refractivity contribution < 1.29 is 18.8 Å². The zero-order valence-electron chi connectivity index (χ0n) is 15.8. The number of rotatable bonds is 6. The first-order valence-electron chi connectivity index (χ1n) is 9.87. The van der Waals surface area contributed by atoms with Gasteiger partial charge < -0.3 is 18.9 Å². The number of hydrogen-bond donors (Lipinski definition) is 0. The Morgan fingerprint density at radius 2 is 2.14 bits per heavy atom. The number of aromatic nitrogens is 4. The Kier molecular flexibility index (Phi) is 6.23. The maximum Gasteiger partial charge on any atom is 0.255 e. The van der Waals surface area contributed by atoms with Crippen LogP contribution in [0, 0.1) is 0 Å². The molecule has 4 rings (SSSR count). The van der Waals surface area contributed by atoms with Crippen molar-refractivity contribution in [2.75, 3.05) is 32.9 Å². The lowest BCUT2D eigenvalue weighted by Crippen LogP contribution is -2.43. The van der Waals surface area contributed by atoms with Gasteiger partial charge in [0.2, 0.25) is 5.89 Å². The quantitative estimate of drug-likeness (QED) is 0.736. The van der Waals surface area contributed by atoms with E-state index in [0.717, 1.165) is 45.4 Å². The largest absolute Gasteiger partial charge is 0.381 e. The van der Waals surface area contributed by atoms with E-state index in [1.54, 1.807) is 6.07 Å². The van der Waals surface area contributed by atoms with E-state index in [1.165, 1.54) is 12.4 Å². The first-order chi connectivity index (χ1) is 13.8. The molecule has 28 heavy (non-hydrogen) atoms. The number of likely N-dealkylation sites (tertiary alicyclic amines) is 1. The van der Waals surface area contributed by atoms with Crippen LogP contribution in [-0.4, -0.2) is 70.2 Å². The third kappa shape index (κ3) is 4.71. The Hall–Kier alpha value is -2.39. The fourth-order valence-corrected chi connectivity index (χ4v) is 3.65. The van der Waals surface area contributed by atoms with Crippen molar-refractivity contribution in [3.63, 3.8) is 0 Å². The lowest BCUT2D eigenvalue weighted by atomic mass is 10.0. The third-order valence-corrected chi connectivity index (χ3v) is 5.23. The van der Waals surface area contributed by atoms with E-state index in [0.29, 0.717) is 42.8 Å². The summed E-state index contributed by atoms with van der Waals surface area (Å²) in [6.45, 7) is 3.33. The molecule has 2 aliphatic heterocycles. The predicted octanol–water partition coefficient (Wildman–Crippen LogP) is 1.62. The number of piperidine rings is 1. The summed E-state index contributed by atoms with van der Waals surface area (Å²) in [5, 5.41) is 11.6. The summed E-state index contributed by atoms with van der Waals surface area (Å²) < 4.78 is 16.8. The van der Waals surface area contributed by atoms with Crippen LogP contribution < -0.4 is 0 Å². The van der Waals surface area contributed by atoms with E-state index in [2.05, 4.69) is 20.3 Å². The Labute approximate surface area is 163 Å². The van der Waals surface area contributed by atoms with E-state index >= 15 is 0 Å². The number of nitrogens with zero attached hydrogens (tertiary/aromatic N) is 5. The number of hydrogen-bond acceptors (Lipinski definition) is 8. The average Bonchev–Trinajstić information content (AvgIpc) is 3.24. The molecule has 150 valence electrons. The first-order valence-corrected chi connectivity index (χ1v) is 9.87. The van der Waals surface area contributed by atoms with Crippen molar-refractivity contribution in [2.24, 2.45) is 0 Å². The molecule has 1 unspecified atom stereocenters. The van der Waals surface area contributed by atoms with Crippen LogP contribution in [-0.2, 0) is 15.9 Å². The molecule has 2 aromatic heterocycles. The van der Waals surface area contributed by atoms with Gasteiger partial charge in [-0.15, -0.1) is 0 Å². The van der Waals surface area contributed by atoms with Crippen molar-refractivity contribution in [2.45, 2.75) is 44.1 Å². The summed E-state index contributed by atoms with van der Waals surface area (Å²) in [5.41, 5.74) is 0.558. The fourth-order valence-electron chi connectivity index (χ4n) is 3.65. The number of carbonyl (C=O) groups excluding carboxylic acids is 1. The molecule has 0 N–H and O–H groups in total. The first kappa shape index (κ1) is 18.9. The van der Waals surface area contributed by atoms with Crippen molar-refractivity contribution in [3.8, 4) is 0 Å². The number of amides is 1. The minimum Gasteiger partial charge on any atom is -0.381 e. The van der Waals surface area contributed by atoms with Gasteiger partial charge >= 0.3 is 0 Å². The molecule has 2 fully saturated rings. The van der Waals surface area contributed by atoms with Gasteiger partial charge in [0.1, 0.15) is 0 Å². The minimum absolute atomic E-state index is 0.0226. The second kappa shape index (κ2) is 9.20. The van der Waals surface area contributed by atoms with Crippen molar-refractivity contribution in [1.82, 2.24) is 25.2 Å². The van der Waals surface area contributed by atoms with Gasteiger partial charge in [-0.2, -0.15) is 15.2 Å². The van der Waals surface area contributed by atoms with E-state index < -0.39 is 0 Å². The van der Waals surface area contributed by atoms with Crippen molar-refractivity contribution in [1.29, 1.82) is 0 Å². The van der Waals surface area contributed by atoms with Gasteiger partial charge in [-0.25, -0.2) is 0 Å². The normalized spacial score (nSPS) is 21.0. The van der Waals surface area contributed by atoms with E-state index in [1.807, 2.05) is 4.90 Å². The second-order valence-corrected chi connectivity index (χ2v) is 7.20. The monoisotopic (exact) mass is 387 g/mol. The molecule has 0 bridgehead atoms. The molecule has 2 aromatic rings. The molecule has 0 aromatic carbocycles. The third-order valence-electron chi connectivity index (χ3n) is 5.23. The van der Waals surface area contributed by atoms with Crippen LogP contribution in [0.2, 0.25) is 0 Å². The van der Waals surface area contributed by atoms with Crippen LogP contribution in [0.25, 0.3) is 0 Å². The topological polar surface area (TPSA) is 103 Å². The Morgan fingerprint density at radius 3 is 2.96 bits per heavy atom. The average molecular weight is 387 g/mol. The van der Waals surface area contributed by atoms with Crippen molar-refractivity contribution in [3.05, 3.63) is 35.7 Å². The van der Waals surface area contributed by atoms with Gasteiger partial charge in [0.05, 0.1) is 30.7 Å². The summed E-state index contributed by atoms with van der Waals surface area (Å²) >= 11 is 0. The van der Waals surface area contributed by atoms with Gasteiger partial charge in [-0.3, -0.25) is 4.79 Å². The molecule has 0 radical (unpaired) electrons. The number of ether oxygens (including phenoxy) is 2. The van der Waals surface area contributed by atoms with E-state index in [4.69, 9.17) is 14.0 Å². The summed E-state index contributed by atoms with van der Waals surface area (Å²) in [6, 6.07) is 1.69. The van der Waals surface area contributed by atoms with Crippen LogP contribution in [0.15, 0.2) is 23.0 Å². The van der Waals surface area contributed by atoms with Gasteiger partial charge in [-0.05, 0) is 31.7 Å². The highest BCUT2D eigenvalue weighted by Gasteiger charge is 2.26. The van der Waals surface area contributed by atoms with E-state index in [-0.39, 0.29) is 12.0 Å². The standard InChI is InChI=1S/C19H25N5O4/c25-19(15-3-7-20-21-12-15)24-8-1-2-16(13-24)27-11-6-17-22-18(28-23-17)14-4-9-26-10-5-14/h3,7,12,14,16H,1-2,4-6,8-11,13H2. The molecular weight excluding hydrogens is 362 g/mol. The van der Waals surface area contributed by atoms with Gasteiger partial charge in [0.25, 0.3) is 5.91 Å². The Balaban J connectivity index is 1.24. The van der Waals surface area contributed by atoms with Crippen molar-refractivity contribution >= 4 is 5.91 Å². The second-order valence-electron chi connectivity index (χ2n) is 7.20. The van der Waals surface area contributed by atoms with Crippen LogP contribution in [0.1, 0.15) is 53.7 Å². The predicted molar refractivity (Wildman–Crippen MR) is 97.7 cm³/mol.